The van der Waals surface area contributed by atoms with E-state index >= 15 is 0 Å². The minimum absolute atomic E-state index is 0.516. The van der Waals surface area contributed by atoms with Crippen molar-refractivity contribution in [3.05, 3.63) is 152 Å². The zero-order valence-corrected chi connectivity index (χ0v) is 25.0. The molecule has 0 saturated heterocycles. The summed E-state index contributed by atoms with van der Waals surface area (Å²) in [5.41, 5.74) is 5.76. The maximum atomic E-state index is 10.6. The Labute approximate surface area is 267 Å². The molecule has 7 heteroatoms. The Kier molecular flexibility index (Phi) is 7.68. The molecule has 0 aliphatic rings. The van der Waals surface area contributed by atoms with Gasteiger partial charge in [-0.05, 0) is 69.1 Å². The molecule has 0 bridgehead atoms. The van der Waals surface area contributed by atoms with E-state index in [2.05, 4.69) is 25.3 Å². The molecule has 1 aromatic heterocycles. The minimum Gasteiger partial charge on any atom is -0.407 e. The highest BCUT2D eigenvalue weighted by Crippen LogP contribution is 2.38. The lowest BCUT2D eigenvalue weighted by Crippen LogP contribution is -2.35. The normalized spacial score (nSPS) is 11.0. The molecule has 6 nitrogen and oxygen atoms in total. The van der Waals surface area contributed by atoms with E-state index in [1.54, 1.807) is 0 Å². The van der Waals surface area contributed by atoms with Gasteiger partial charge < -0.3 is 14.9 Å². The van der Waals surface area contributed by atoms with Gasteiger partial charge in [0, 0.05) is 28.1 Å². The molecular weight excluding hydrogens is 567 g/mol. The Morgan fingerprint density at radius 2 is 0.913 bits per heavy atom. The van der Waals surface area contributed by atoms with Crippen LogP contribution < -0.4 is 4.81 Å². The van der Waals surface area contributed by atoms with Gasteiger partial charge in [0.25, 0.3) is 0 Å². The highest BCUT2D eigenvalue weighted by Gasteiger charge is 2.24. The van der Waals surface area contributed by atoms with Gasteiger partial charge in [0.15, 0.2) is 17.5 Å². The van der Waals surface area contributed by atoms with Crippen molar-refractivity contribution in [2.75, 3.05) is 4.81 Å². The second-order valence-electron chi connectivity index (χ2n) is 10.8. The van der Waals surface area contributed by atoms with Crippen molar-refractivity contribution in [1.29, 1.82) is 0 Å². The molecule has 0 saturated carbocycles. The molecule has 0 amide bonds. The molecular formula is C39H29BN4O2. The fourth-order valence-corrected chi connectivity index (χ4v) is 5.95. The first-order valence-electron chi connectivity index (χ1n) is 14.9. The van der Waals surface area contributed by atoms with E-state index in [0.717, 1.165) is 49.4 Å². The third-order valence-corrected chi connectivity index (χ3v) is 8.11. The van der Waals surface area contributed by atoms with Gasteiger partial charge >= 0.3 is 7.25 Å². The van der Waals surface area contributed by atoms with Crippen molar-refractivity contribution >= 4 is 52.3 Å². The average Bonchev–Trinajstić information content (AvgIpc) is 3.11. The number of benzene rings is 6. The molecule has 7 rings (SSSR count). The van der Waals surface area contributed by atoms with Crippen molar-refractivity contribution in [3.63, 3.8) is 0 Å². The maximum Gasteiger partial charge on any atom is 0.592 e. The topological polar surface area (TPSA) is 82.4 Å². The summed E-state index contributed by atoms with van der Waals surface area (Å²) < 4.78 is 0. The molecule has 46 heavy (non-hydrogen) atoms. The Bertz CT molecular complexity index is 2160. The largest absolute Gasteiger partial charge is 0.592 e. The maximum absolute atomic E-state index is 10.6. The third kappa shape index (κ3) is 5.24. The summed E-state index contributed by atoms with van der Waals surface area (Å²) in [6.07, 6.45) is 3.70. The SMILES string of the molecule is C=Cc1c(C=C)c2ccc(N(B(O)O)c3ccc(-c4nc(-c5ccccc5)nc(-c5ccccc5)n4)cc3)cc2c2ccccc12. The third-order valence-electron chi connectivity index (χ3n) is 8.11. The van der Waals surface area contributed by atoms with Crippen LogP contribution in [0.15, 0.2) is 141 Å². The van der Waals surface area contributed by atoms with Crippen molar-refractivity contribution in [3.8, 4) is 34.2 Å². The van der Waals surface area contributed by atoms with Gasteiger partial charge in [-0.1, -0.05) is 116 Å². The second kappa shape index (κ2) is 12.2. The molecule has 220 valence electrons. The number of rotatable bonds is 8. The van der Waals surface area contributed by atoms with Crippen molar-refractivity contribution in [2.45, 2.75) is 0 Å². The van der Waals surface area contributed by atoms with Crippen LogP contribution in [0.3, 0.4) is 0 Å². The Hall–Kier alpha value is -5.89. The van der Waals surface area contributed by atoms with Crippen LogP contribution in [0.4, 0.5) is 11.4 Å². The average molecular weight is 596 g/mol. The van der Waals surface area contributed by atoms with Gasteiger partial charge in [-0.3, -0.25) is 0 Å². The number of nitrogens with zero attached hydrogens (tertiary/aromatic N) is 4. The van der Waals surface area contributed by atoms with Gasteiger partial charge in [0.05, 0.1) is 0 Å². The minimum atomic E-state index is -1.78. The van der Waals surface area contributed by atoms with Crippen LogP contribution in [0.25, 0.3) is 67.9 Å². The molecule has 0 aliphatic heterocycles. The van der Waals surface area contributed by atoms with Crippen LogP contribution in [-0.2, 0) is 0 Å². The summed E-state index contributed by atoms with van der Waals surface area (Å²) >= 11 is 0. The Balaban J connectivity index is 1.32. The van der Waals surface area contributed by atoms with Gasteiger partial charge in [0.2, 0.25) is 0 Å². The van der Waals surface area contributed by atoms with E-state index in [1.165, 1.54) is 4.81 Å². The molecule has 6 aromatic carbocycles. The van der Waals surface area contributed by atoms with Crippen LogP contribution in [0.1, 0.15) is 11.1 Å². The Morgan fingerprint density at radius 1 is 0.478 bits per heavy atom. The predicted molar refractivity (Wildman–Crippen MR) is 190 cm³/mol. The first-order chi connectivity index (χ1) is 22.6. The number of hydrogen-bond donors (Lipinski definition) is 2. The fourth-order valence-electron chi connectivity index (χ4n) is 5.95. The quantitative estimate of drug-likeness (QED) is 0.135. The standard InChI is InChI=1S/C39H29BN4O2/c1-3-31-32(4-2)35-24-23-30(25-36(35)34-18-12-11-17-33(31)34)44(40(45)46)29-21-19-28(20-22-29)39-42-37(26-13-7-5-8-14-26)41-38(43-39)27-15-9-6-10-16-27/h3-25,45-46H,1-2H2. The highest BCUT2D eigenvalue weighted by atomic mass is 16.4. The van der Waals surface area contributed by atoms with Gasteiger partial charge in [-0.15, -0.1) is 0 Å². The van der Waals surface area contributed by atoms with Crippen LogP contribution >= 0.6 is 0 Å². The lowest BCUT2D eigenvalue weighted by molar-refractivity contribution is 0.407. The lowest BCUT2D eigenvalue weighted by Gasteiger charge is -2.25. The van der Waals surface area contributed by atoms with Crippen LogP contribution in [0.2, 0.25) is 0 Å². The lowest BCUT2D eigenvalue weighted by atomic mass is 9.90. The summed E-state index contributed by atoms with van der Waals surface area (Å²) in [5, 5.41) is 25.3. The van der Waals surface area contributed by atoms with Gasteiger partial charge in [0.1, 0.15) is 0 Å². The van der Waals surface area contributed by atoms with Crippen molar-refractivity contribution < 1.29 is 10.0 Å². The second-order valence-corrected chi connectivity index (χ2v) is 10.8. The molecule has 7 aromatic rings. The summed E-state index contributed by atoms with van der Waals surface area (Å²) in [6.45, 7) is 8.10. The zero-order valence-electron chi connectivity index (χ0n) is 25.0. The summed E-state index contributed by atoms with van der Waals surface area (Å²) in [7, 11) is -1.78. The molecule has 0 aliphatic carbocycles. The molecule has 0 fully saturated rings. The number of hydrogen-bond acceptors (Lipinski definition) is 6. The van der Waals surface area contributed by atoms with Crippen LogP contribution in [0.5, 0.6) is 0 Å². The van der Waals surface area contributed by atoms with E-state index in [1.807, 2.05) is 127 Å². The smallest absolute Gasteiger partial charge is 0.407 e. The molecule has 2 N–H and O–H groups in total. The fraction of sp³-hybridized carbons (Fsp3) is 0. The summed E-state index contributed by atoms with van der Waals surface area (Å²) in [5.74, 6) is 1.66. The van der Waals surface area contributed by atoms with Crippen molar-refractivity contribution in [2.24, 2.45) is 0 Å². The molecule has 0 radical (unpaired) electrons. The predicted octanol–water partition coefficient (Wildman–Crippen LogP) is 8.57. The van der Waals surface area contributed by atoms with E-state index in [4.69, 9.17) is 15.0 Å². The number of fused-ring (bicyclic) bond motifs is 3. The van der Waals surface area contributed by atoms with E-state index < -0.39 is 7.25 Å². The Morgan fingerprint density at radius 3 is 1.41 bits per heavy atom. The monoisotopic (exact) mass is 596 g/mol. The molecule has 0 atom stereocenters. The number of anilines is 2. The molecule has 1 heterocycles. The summed E-state index contributed by atoms with van der Waals surface area (Å²) in [6, 6.07) is 41.0. The first-order valence-corrected chi connectivity index (χ1v) is 14.9. The van der Waals surface area contributed by atoms with E-state index in [-0.39, 0.29) is 0 Å². The number of aromatic nitrogens is 3. The molecule has 0 spiro atoms. The molecule has 0 unspecified atom stereocenters. The van der Waals surface area contributed by atoms with Crippen LogP contribution in [0, 0.1) is 0 Å². The summed E-state index contributed by atoms with van der Waals surface area (Å²) in [4.78, 5) is 15.9. The highest BCUT2D eigenvalue weighted by molar-refractivity contribution is 6.49. The first kappa shape index (κ1) is 28.9. The zero-order chi connectivity index (χ0) is 31.6. The van der Waals surface area contributed by atoms with E-state index in [9.17, 15) is 10.0 Å². The van der Waals surface area contributed by atoms with Crippen LogP contribution in [-0.4, -0.2) is 32.3 Å². The van der Waals surface area contributed by atoms with Gasteiger partial charge in [-0.2, -0.15) is 0 Å². The van der Waals surface area contributed by atoms with E-state index in [0.29, 0.717) is 28.8 Å². The van der Waals surface area contributed by atoms with Crippen molar-refractivity contribution in [1.82, 2.24) is 15.0 Å². The van der Waals surface area contributed by atoms with Gasteiger partial charge in [-0.25, -0.2) is 15.0 Å².